The van der Waals surface area contributed by atoms with E-state index in [1.807, 2.05) is 0 Å². The van der Waals surface area contributed by atoms with Crippen LogP contribution in [0.2, 0.25) is 5.02 Å². The minimum atomic E-state index is -4.56. The number of halogens is 4. The van der Waals surface area contributed by atoms with E-state index in [0.29, 0.717) is 28.4 Å². The number of anilines is 2. The van der Waals surface area contributed by atoms with Gasteiger partial charge in [0.05, 0.1) is 12.7 Å². The van der Waals surface area contributed by atoms with Crippen LogP contribution in [0.3, 0.4) is 0 Å². The summed E-state index contributed by atoms with van der Waals surface area (Å²) in [5.41, 5.74) is 0.0401. The zero-order valence-electron chi connectivity index (χ0n) is 18.7. The summed E-state index contributed by atoms with van der Waals surface area (Å²) < 4.78 is 44.8. The van der Waals surface area contributed by atoms with Crippen LogP contribution in [0.5, 0.6) is 5.75 Å². The molecule has 0 spiro atoms. The largest absolute Gasteiger partial charge is 0.497 e. The highest BCUT2D eigenvalue weighted by atomic mass is 35.5. The molecule has 3 rings (SSSR count). The molecule has 0 unspecified atom stereocenters. The van der Waals surface area contributed by atoms with Crippen LogP contribution in [0.1, 0.15) is 22.3 Å². The number of carbonyl (C=O) groups is 2. The molecule has 0 aliphatic rings. The van der Waals surface area contributed by atoms with Gasteiger partial charge in [-0.1, -0.05) is 23.7 Å². The molecule has 0 aromatic heterocycles. The zero-order valence-corrected chi connectivity index (χ0v) is 19.5. The molecule has 0 radical (unpaired) electrons. The molecule has 0 bridgehead atoms. The van der Waals surface area contributed by atoms with Crippen LogP contribution in [0.15, 0.2) is 72.8 Å². The Morgan fingerprint density at radius 3 is 2.40 bits per heavy atom. The first-order valence-corrected chi connectivity index (χ1v) is 11.0. The number of methoxy groups -OCH3 is 1. The van der Waals surface area contributed by atoms with E-state index in [1.165, 1.54) is 24.1 Å². The number of urea groups is 1. The first-order valence-electron chi connectivity index (χ1n) is 10.6. The van der Waals surface area contributed by atoms with Gasteiger partial charge in [-0.05, 0) is 67.1 Å². The van der Waals surface area contributed by atoms with Crippen molar-refractivity contribution < 1.29 is 27.5 Å². The van der Waals surface area contributed by atoms with Crippen LogP contribution in [0.25, 0.3) is 0 Å². The maximum absolute atomic E-state index is 13.2. The lowest BCUT2D eigenvalue weighted by Crippen LogP contribution is -2.37. The molecular formula is C25H23ClF3N3O3. The van der Waals surface area contributed by atoms with E-state index in [2.05, 4.69) is 10.6 Å². The minimum Gasteiger partial charge on any atom is -0.497 e. The maximum atomic E-state index is 13.2. The molecule has 0 saturated heterocycles. The van der Waals surface area contributed by atoms with E-state index < -0.39 is 17.8 Å². The summed E-state index contributed by atoms with van der Waals surface area (Å²) in [4.78, 5) is 26.6. The van der Waals surface area contributed by atoms with Gasteiger partial charge in [0.25, 0.3) is 5.91 Å². The highest BCUT2D eigenvalue weighted by Gasteiger charge is 2.31. The summed E-state index contributed by atoms with van der Waals surface area (Å²) in [6, 6.07) is 16.8. The lowest BCUT2D eigenvalue weighted by atomic mass is 10.1. The lowest BCUT2D eigenvalue weighted by molar-refractivity contribution is -0.137. The van der Waals surface area contributed by atoms with Gasteiger partial charge in [0.2, 0.25) is 0 Å². The number of alkyl halides is 3. The molecule has 2 N–H and O–H groups in total. The van der Waals surface area contributed by atoms with Crippen molar-refractivity contribution >= 4 is 34.9 Å². The number of benzene rings is 3. The molecule has 0 aliphatic carbocycles. The van der Waals surface area contributed by atoms with Crippen molar-refractivity contribution in [2.75, 3.05) is 30.4 Å². The summed E-state index contributed by atoms with van der Waals surface area (Å²) in [7, 11) is 1.49. The van der Waals surface area contributed by atoms with Gasteiger partial charge in [0.1, 0.15) is 5.75 Å². The fourth-order valence-electron chi connectivity index (χ4n) is 3.23. The average Bonchev–Trinajstić information content (AvgIpc) is 2.84. The van der Waals surface area contributed by atoms with Crippen LogP contribution in [0.4, 0.5) is 29.3 Å². The van der Waals surface area contributed by atoms with Gasteiger partial charge in [-0.15, -0.1) is 0 Å². The Balaban J connectivity index is 1.71. The van der Waals surface area contributed by atoms with Crippen molar-refractivity contribution in [3.05, 3.63) is 88.9 Å². The third-order valence-electron chi connectivity index (χ3n) is 5.00. The SMILES string of the molecule is COc1cccc(C(=O)NCCCN(C(=O)Nc2ccc(Cl)cc2)c2cccc(C(F)(F)F)c2)c1. The van der Waals surface area contributed by atoms with Gasteiger partial charge in [-0.25, -0.2) is 4.79 Å². The number of amides is 3. The first-order chi connectivity index (χ1) is 16.7. The monoisotopic (exact) mass is 505 g/mol. The maximum Gasteiger partial charge on any atom is 0.416 e. The molecule has 3 aromatic rings. The highest BCUT2D eigenvalue weighted by molar-refractivity contribution is 6.30. The normalized spacial score (nSPS) is 11.0. The van der Waals surface area contributed by atoms with E-state index in [-0.39, 0.29) is 24.7 Å². The molecule has 0 fully saturated rings. The third kappa shape index (κ3) is 7.38. The Morgan fingerprint density at radius 2 is 1.71 bits per heavy atom. The van der Waals surface area contributed by atoms with Crippen molar-refractivity contribution in [2.45, 2.75) is 12.6 Å². The number of hydrogen-bond acceptors (Lipinski definition) is 3. The van der Waals surface area contributed by atoms with Crippen LogP contribution in [-0.2, 0) is 6.18 Å². The quantitative estimate of drug-likeness (QED) is 0.357. The van der Waals surface area contributed by atoms with Crippen molar-refractivity contribution in [2.24, 2.45) is 0 Å². The molecule has 0 aliphatic heterocycles. The second-order valence-electron chi connectivity index (χ2n) is 7.48. The Hall–Kier alpha value is -3.72. The zero-order chi connectivity index (χ0) is 25.4. The van der Waals surface area contributed by atoms with Gasteiger partial charge in [-0.2, -0.15) is 13.2 Å². The van der Waals surface area contributed by atoms with Gasteiger partial charge >= 0.3 is 12.2 Å². The summed E-state index contributed by atoms with van der Waals surface area (Å²) in [6.45, 7) is 0.249. The van der Waals surface area contributed by atoms with Gasteiger partial charge < -0.3 is 15.4 Å². The number of hydrogen-bond donors (Lipinski definition) is 2. The standard InChI is InChI=1S/C25H23ClF3N3O3/c1-35-22-8-2-5-17(15-22)23(33)30-13-4-14-32(21-7-3-6-18(16-21)25(27,28)29)24(34)31-20-11-9-19(26)10-12-20/h2-3,5-12,15-16H,4,13-14H2,1H3,(H,30,33)(H,31,34). The molecular weight excluding hydrogens is 483 g/mol. The van der Waals surface area contributed by atoms with Gasteiger partial charge in [0.15, 0.2) is 0 Å². The molecule has 184 valence electrons. The Morgan fingerprint density at radius 1 is 1.00 bits per heavy atom. The molecule has 0 heterocycles. The number of nitrogens with zero attached hydrogens (tertiary/aromatic N) is 1. The molecule has 35 heavy (non-hydrogen) atoms. The van der Waals surface area contributed by atoms with E-state index >= 15 is 0 Å². The van der Waals surface area contributed by atoms with Crippen molar-refractivity contribution in [3.63, 3.8) is 0 Å². The second-order valence-corrected chi connectivity index (χ2v) is 7.91. The number of nitrogens with one attached hydrogen (secondary N) is 2. The van der Waals surface area contributed by atoms with E-state index in [4.69, 9.17) is 16.3 Å². The number of rotatable bonds is 8. The lowest BCUT2D eigenvalue weighted by Gasteiger charge is -2.24. The summed E-state index contributed by atoms with van der Waals surface area (Å²) in [5, 5.41) is 5.88. The molecule has 3 amide bonds. The van der Waals surface area contributed by atoms with E-state index in [1.54, 1.807) is 48.5 Å². The minimum absolute atomic E-state index is 0.0547. The predicted octanol–water partition coefficient (Wildman–Crippen LogP) is 6.23. The van der Waals surface area contributed by atoms with Crippen molar-refractivity contribution in [1.29, 1.82) is 0 Å². The smallest absolute Gasteiger partial charge is 0.416 e. The fourth-order valence-corrected chi connectivity index (χ4v) is 3.35. The van der Waals surface area contributed by atoms with Gasteiger partial charge in [-0.3, -0.25) is 9.69 Å². The highest BCUT2D eigenvalue weighted by Crippen LogP contribution is 2.32. The van der Waals surface area contributed by atoms with Crippen LogP contribution < -0.4 is 20.3 Å². The topological polar surface area (TPSA) is 70.7 Å². The molecule has 0 atom stereocenters. The molecule has 10 heteroatoms. The van der Waals surface area contributed by atoms with Crippen molar-refractivity contribution in [1.82, 2.24) is 5.32 Å². The Bertz CT molecular complexity index is 1170. The average molecular weight is 506 g/mol. The molecule has 0 saturated carbocycles. The summed E-state index contributed by atoms with van der Waals surface area (Å²) in [5.74, 6) is 0.201. The second kappa shape index (κ2) is 11.6. The predicted molar refractivity (Wildman–Crippen MR) is 129 cm³/mol. The Kier molecular flexibility index (Phi) is 8.59. The van der Waals surface area contributed by atoms with E-state index in [9.17, 15) is 22.8 Å². The molecule has 3 aromatic carbocycles. The fraction of sp³-hybridized carbons (Fsp3) is 0.200. The molecule has 6 nitrogen and oxygen atoms in total. The number of carbonyl (C=O) groups excluding carboxylic acids is 2. The van der Waals surface area contributed by atoms with Gasteiger partial charge in [0, 0.05) is 35.1 Å². The van der Waals surface area contributed by atoms with Crippen LogP contribution in [-0.4, -0.2) is 32.1 Å². The van der Waals surface area contributed by atoms with Crippen molar-refractivity contribution in [3.8, 4) is 5.75 Å². The summed E-state index contributed by atoms with van der Waals surface area (Å²) in [6.07, 6.45) is -4.26. The van der Waals surface area contributed by atoms with Crippen LogP contribution >= 0.6 is 11.6 Å². The van der Waals surface area contributed by atoms with E-state index in [0.717, 1.165) is 12.1 Å². The third-order valence-corrected chi connectivity index (χ3v) is 5.25. The Labute approximate surface area is 205 Å². The summed E-state index contributed by atoms with van der Waals surface area (Å²) >= 11 is 5.87. The van der Waals surface area contributed by atoms with Crippen LogP contribution in [0, 0.1) is 0 Å². The number of ether oxygens (including phenoxy) is 1. The first kappa shape index (κ1) is 25.9.